The number of hydrogen-bond acceptors (Lipinski definition) is 4. The summed E-state index contributed by atoms with van der Waals surface area (Å²) in [5, 5.41) is 0.150. The summed E-state index contributed by atoms with van der Waals surface area (Å²) in [6.45, 7) is 0. The normalized spacial score (nSPS) is 11.8. The Kier molecular flexibility index (Phi) is 5.55. The molecule has 0 saturated heterocycles. The van der Waals surface area contributed by atoms with Gasteiger partial charge in [0.2, 0.25) is 5.90 Å². The SMILES string of the molecule is O=S(=O)(/N=C(/OC(=S)c1ccccc1)c1ccccc1)c1ccccc1. The Hall–Kier alpha value is -2.83. The topological polar surface area (TPSA) is 55.7 Å². The molecule has 0 heterocycles. The van der Waals surface area contributed by atoms with Crippen LogP contribution in [0.15, 0.2) is 100 Å². The van der Waals surface area contributed by atoms with Crippen LogP contribution in [0.4, 0.5) is 0 Å². The van der Waals surface area contributed by atoms with Gasteiger partial charge in [-0.25, -0.2) is 0 Å². The van der Waals surface area contributed by atoms with Gasteiger partial charge >= 0.3 is 0 Å². The zero-order chi connectivity index (χ0) is 18.4. The van der Waals surface area contributed by atoms with Crippen LogP contribution >= 0.6 is 12.2 Å². The predicted octanol–water partition coefficient (Wildman–Crippen LogP) is 4.21. The van der Waals surface area contributed by atoms with Gasteiger partial charge in [0.25, 0.3) is 10.0 Å². The first kappa shape index (κ1) is 18.0. The summed E-state index contributed by atoms with van der Waals surface area (Å²) in [6.07, 6.45) is 0. The first-order valence-corrected chi connectivity index (χ1v) is 9.64. The van der Waals surface area contributed by atoms with Gasteiger partial charge in [0.1, 0.15) is 0 Å². The average molecular weight is 381 g/mol. The standard InChI is InChI=1S/C20H15NO3S2/c22-26(23,18-14-8-3-9-15-18)21-19(16-10-4-1-5-11-16)24-20(25)17-12-6-2-7-13-17/h1-15H/b21-19+. The molecule has 3 rings (SSSR count). The van der Waals surface area contributed by atoms with Crippen LogP contribution in [-0.2, 0) is 14.8 Å². The van der Waals surface area contributed by atoms with Gasteiger partial charge < -0.3 is 4.74 Å². The van der Waals surface area contributed by atoms with Crippen LogP contribution in [0.3, 0.4) is 0 Å². The number of benzene rings is 3. The third-order valence-corrected chi connectivity index (χ3v) is 5.06. The molecule has 0 fully saturated rings. The number of sulfonamides is 1. The molecule has 0 bridgehead atoms. The van der Waals surface area contributed by atoms with Crippen molar-refractivity contribution in [2.75, 3.05) is 0 Å². The molecule has 0 atom stereocenters. The molecular weight excluding hydrogens is 366 g/mol. The number of ether oxygens (including phenoxy) is 1. The van der Waals surface area contributed by atoms with Crippen LogP contribution in [-0.4, -0.2) is 19.4 Å². The quantitative estimate of drug-likeness (QED) is 0.386. The highest BCUT2D eigenvalue weighted by Gasteiger charge is 2.18. The molecule has 0 N–H and O–H groups in total. The second kappa shape index (κ2) is 8.03. The summed E-state index contributed by atoms with van der Waals surface area (Å²) in [4.78, 5) is 0.0858. The summed E-state index contributed by atoms with van der Waals surface area (Å²) in [5.74, 6) is -0.0664. The molecule has 3 aromatic rings. The molecule has 130 valence electrons. The maximum atomic E-state index is 12.6. The highest BCUT2D eigenvalue weighted by Crippen LogP contribution is 2.15. The van der Waals surface area contributed by atoms with Gasteiger partial charge in [0.15, 0.2) is 5.05 Å². The number of rotatable bonds is 4. The summed E-state index contributed by atoms with van der Waals surface area (Å²) in [5.41, 5.74) is 1.19. The number of hydrogen-bond donors (Lipinski definition) is 0. The lowest BCUT2D eigenvalue weighted by molar-refractivity contribution is 0.559. The van der Waals surface area contributed by atoms with Crippen molar-refractivity contribution in [3.63, 3.8) is 0 Å². The summed E-state index contributed by atoms with van der Waals surface area (Å²) in [7, 11) is -3.93. The van der Waals surface area contributed by atoms with Crippen molar-refractivity contribution in [1.82, 2.24) is 0 Å². The molecule has 0 amide bonds. The number of thiocarbonyl (C=S) groups is 1. The lowest BCUT2D eigenvalue weighted by atomic mass is 10.2. The van der Waals surface area contributed by atoms with E-state index >= 15 is 0 Å². The third kappa shape index (κ3) is 4.41. The van der Waals surface area contributed by atoms with E-state index in [1.54, 1.807) is 54.6 Å². The highest BCUT2D eigenvalue weighted by molar-refractivity contribution is 7.90. The first-order chi connectivity index (χ1) is 12.6. The average Bonchev–Trinajstić information content (AvgIpc) is 2.69. The third-order valence-electron chi connectivity index (χ3n) is 3.46. The highest BCUT2D eigenvalue weighted by atomic mass is 32.2. The molecule has 4 nitrogen and oxygen atoms in total. The molecule has 26 heavy (non-hydrogen) atoms. The zero-order valence-electron chi connectivity index (χ0n) is 13.6. The van der Waals surface area contributed by atoms with E-state index in [1.807, 2.05) is 24.3 Å². The minimum Gasteiger partial charge on any atom is -0.425 e. The second-order valence-corrected chi connectivity index (χ2v) is 7.28. The van der Waals surface area contributed by atoms with Crippen LogP contribution in [0.5, 0.6) is 0 Å². The fourth-order valence-electron chi connectivity index (χ4n) is 2.19. The lowest BCUT2D eigenvalue weighted by Gasteiger charge is -2.10. The van der Waals surface area contributed by atoms with Gasteiger partial charge in [-0.2, -0.15) is 8.42 Å². The molecule has 0 aliphatic rings. The van der Waals surface area contributed by atoms with E-state index in [1.165, 1.54) is 12.1 Å². The monoisotopic (exact) mass is 381 g/mol. The summed E-state index contributed by atoms with van der Waals surface area (Å²) in [6, 6.07) is 25.9. The molecule has 6 heteroatoms. The van der Waals surface area contributed by atoms with Gasteiger partial charge in [-0.1, -0.05) is 66.7 Å². The Morgan fingerprint density at radius 2 is 1.19 bits per heavy atom. The lowest BCUT2D eigenvalue weighted by Crippen LogP contribution is -2.15. The molecule has 0 aliphatic carbocycles. The Morgan fingerprint density at radius 1 is 0.731 bits per heavy atom. The largest absolute Gasteiger partial charge is 0.425 e. The van der Waals surface area contributed by atoms with Crippen molar-refractivity contribution in [3.05, 3.63) is 102 Å². The maximum absolute atomic E-state index is 12.6. The molecule has 0 radical (unpaired) electrons. The Labute approximate surface area is 157 Å². The van der Waals surface area contributed by atoms with Crippen molar-refractivity contribution in [1.29, 1.82) is 0 Å². The molecule has 0 aromatic heterocycles. The molecule has 3 aromatic carbocycles. The van der Waals surface area contributed by atoms with Crippen LogP contribution in [0.2, 0.25) is 0 Å². The zero-order valence-corrected chi connectivity index (χ0v) is 15.3. The van der Waals surface area contributed by atoms with Gasteiger partial charge in [0, 0.05) is 11.1 Å². The van der Waals surface area contributed by atoms with E-state index in [0.29, 0.717) is 11.1 Å². The van der Waals surface area contributed by atoms with Crippen molar-refractivity contribution in [2.24, 2.45) is 4.40 Å². The molecule has 0 spiro atoms. The second-order valence-electron chi connectivity index (χ2n) is 5.31. The molecular formula is C20H15NO3S2. The van der Waals surface area contributed by atoms with Crippen molar-refractivity contribution in [3.8, 4) is 0 Å². The van der Waals surface area contributed by atoms with E-state index in [0.717, 1.165) is 0 Å². The van der Waals surface area contributed by atoms with E-state index in [9.17, 15) is 8.42 Å². The minimum atomic E-state index is -3.93. The Balaban J connectivity index is 2.01. The minimum absolute atomic E-state index is 0.0664. The van der Waals surface area contributed by atoms with Gasteiger partial charge in [-0.3, -0.25) is 0 Å². The van der Waals surface area contributed by atoms with Crippen molar-refractivity contribution >= 4 is 33.2 Å². The predicted molar refractivity (Wildman–Crippen MR) is 106 cm³/mol. The molecule has 0 saturated carbocycles. The fraction of sp³-hybridized carbons (Fsp3) is 0. The van der Waals surface area contributed by atoms with Gasteiger partial charge in [-0.05, 0) is 36.5 Å². The smallest absolute Gasteiger partial charge is 0.285 e. The van der Waals surface area contributed by atoms with Gasteiger partial charge in [0.05, 0.1) is 4.90 Å². The van der Waals surface area contributed by atoms with E-state index in [-0.39, 0.29) is 15.8 Å². The molecule has 0 unspecified atom stereocenters. The molecule has 0 aliphatic heterocycles. The summed E-state index contributed by atoms with van der Waals surface area (Å²) < 4.78 is 34.8. The Morgan fingerprint density at radius 3 is 1.73 bits per heavy atom. The first-order valence-electron chi connectivity index (χ1n) is 7.79. The van der Waals surface area contributed by atoms with Gasteiger partial charge in [-0.15, -0.1) is 4.40 Å². The fourth-order valence-corrected chi connectivity index (χ4v) is 3.37. The Bertz CT molecular complexity index is 1020. The van der Waals surface area contributed by atoms with Crippen LogP contribution in [0.1, 0.15) is 11.1 Å². The van der Waals surface area contributed by atoms with E-state index < -0.39 is 10.0 Å². The van der Waals surface area contributed by atoms with Crippen LogP contribution in [0.25, 0.3) is 0 Å². The van der Waals surface area contributed by atoms with Crippen molar-refractivity contribution < 1.29 is 13.2 Å². The van der Waals surface area contributed by atoms with E-state index in [2.05, 4.69) is 4.40 Å². The van der Waals surface area contributed by atoms with Crippen molar-refractivity contribution in [2.45, 2.75) is 4.90 Å². The number of nitrogens with zero attached hydrogens (tertiary/aromatic N) is 1. The maximum Gasteiger partial charge on any atom is 0.285 e. The van der Waals surface area contributed by atoms with Crippen LogP contribution < -0.4 is 0 Å². The van der Waals surface area contributed by atoms with Crippen LogP contribution in [0, 0.1) is 0 Å². The van der Waals surface area contributed by atoms with E-state index in [4.69, 9.17) is 17.0 Å². The summed E-state index contributed by atoms with van der Waals surface area (Å²) >= 11 is 5.30.